The van der Waals surface area contributed by atoms with Gasteiger partial charge in [0.25, 0.3) is 0 Å². The molecule has 0 unspecified atom stereocenters. The number of hydrogen-bond donors (Lipinski definition) is 0. The molecule has 0 fully saturated rings. The standard InChI is InChI=1S/C20H19ClN2O/c1-15(2)23-12-11-16(14-23)13-22-17-7-9-18(10-8-17)24-20-6-4-3-5-19(20)21/h3-15H,1-2H3. The molecule has 3 nitrogen and oxygen atoms in total. The summed E-state index contributed by atoms with van der Waals surface area (Å²) in [6, 6.07) is 17.5. The molecule has 0 radical (unpaired) electrons. The van der Waals surface area contributed by atoms with Crippen LogP contribution in [0.4, 0.5) is 5.69 Å². The molecule has 0 bridgehead atoms. The molecule has 3 rings (SSSR count). The SMILES string of the molecule is CC(C)n1ccc(C=Nc2ccc(Oc3ccccc3Cl)cc2)c1. The van der Waals surface area contributed by atoms with Gasteiger partial charge in [0.15, 0.2) is 0 Å². The summed E-state index contributed by atoms with van der Waals surface area (Å²) in [6.45, 7) is 4.30. The molecule has 24 heavy (non-hydrogen) atoms. The fourth-order valence-electron chi connectivity index (χ4n) is 2.23. The second-order valence-electron chi connectivity index (χ2n) is 5.77. The Morgan fingerprint density at radius 1 is 1.04 bits per heavy atom. The van der Waals surface area contributed by atoms with Crippen molar-refractivity contribution in [3.05, 3.63) is 77.6 Å². The van der Waals surface area contributed by atoms with Crippen molar-refractivity contribution >= 4 is 23.5 Å². The highest BCUT2D eigenvalue weighted by Crippen LogP contribution is 2.29. The van der Waals surface area contributed by atoms with Crippen LogP contribution in [-0.4, -0.2) is 10.8 Å². The maximum atomic E-state index is 6.10. The van der Waals surface area contributed by atoms with Crippen molar-refractivity contribution < 1.29 is 4.74 Å². The van der Waals surface area contributed by atoms with E-state index in [0.29, 0.717) is 16.8 Å². The predicted octanol–water partition coefficient (Wildman–Crippen LogP) is 6.27. The van der Waals surface area contributed by atoms with Crippen LogP contribution in [0.25, 0.3) is 0 Å². The lowest BCUT2D eigenvalue weighted by atomic mass is 10.3. The molecule has 1 aromatic heterocycles. The molecule has 0 aliphatic rings. The molecule has 0 saturated carbocycles. The Kier molecular flexibility index (Phi) is 5.02. The van der Waals surface area contributed by atoms with E-state index in [2.05, 4.69) is 41.9 Å². The topological polar surface area (TPSA) is 26.5 Å². The van der Waals surface area contributed by atoms with Gasteiger partial charge in [-0.05, 0) is 56.3 Å². The van der Waals surface area contributed by atoms with Crippen LogP contribution < -0.4 is 4.74 Å². The van der Waals surface area contributed by atoms with Crippen molar-refractivity contribution in [1.29, 1.82) is 0 Å². The van der Waals surface area contributed by atoms with Crippen molar-refractivity contribution in [1.82, 2.24) is 4.57 Å². The number of benzene rings is 2. The maximum absolute atomic E-state index is 6.10. The number of nitrogens with zero attached hydrogens (tertiary/aromatic N) is 2. The normalized spacial score (nSPS) is 11.3. The van der Waals surface area contributed by atoms with Crippen LogP contribution in [0.1, 0.15) is 25.5 Å². The predicted molar refractivity (Wildman–Crippen MR) is 100 cm³/mol. The monoisotopic (exact) mass is 338 g/mol. The summed E-state index contributed by atoms with van der Waals surface area (Å²) in [5.74, 6) is 1.37. The van der Waals surface area contributed by atoms with Gasteiger partial charge in [0, 0.05) is 30.2 Å². The van der Waals surface area contributed by atoms with E-state index in [0.717, 1.165) is 17.0 Å². The highest BCUT2D eigenvalue weighted by molar-refractivity contribution is 6.32. The van der Waals surface area contributed by atoms with Crippen LogP contribution >= 0.6 is 11.6 Å². The molecule has 2 aromatic carbocycles. The van der Waals surface area contributed by atoms with Gasteiger partial charge in [-0.15, -0.1) is 0 Å². The maximum Gasteiger partial charge on any atom is 0.146 e. The molecule has 0 N–H and O–H groups in total. The first-order valence-electron chi connectivity index (χ1n) is 7.86. The van der Waals surface area contributed by atoms with E-state index in [1.54, 1.807) is 6.07 Å². The minimum atomic E-state index is 0.452. The number of hydrogen-bond acceptors (Lipinski definition) is 2. The third kappa shape index (κ3) is 4.06. The Hall–Kier alpha value is -2.52. The van der Waals surface area contributed by atoms with Crippen molar-refractivity contribution in [3.8, 4) is 11.5 Å². The van der Waals surface area contributed by atoms with Gasteiger partial charge in [0.2, 0.25) is 0 Å². The van der Waals surface area contributed by atoms with Crippen LogP contribution in [0.15, 0.2) is 72.0 Å². The highest BCUT2D eigenvalue weighted by atomic mass is 35.5. The summed E-state index contributed by atoms with van der Waals surface area (Å²) >= 11 is 6.10. The van der Waals surface area contributed by atoms with E-state index in [9.17, 15) is 0 Å². The van der Waals surface area contributed by atoms with Crippen molar-refractivity contribution in [2.24, 2.45) is 4.99 Å². The van der Waals surface area contributed by atoms with Gasteiger partial charge in [-0.25, -0.2) is 0 Å². The molecule has 122 valence electrons. The lowest BCUT2D eigenvalue weighted by molar-refractivity contribution is 0.483. The molecule has 0 spiro atoms. The lowest BCUT2D eigenvalue weighted by Crippen LogP contribution is -1.95. The average molecular weight is 339 g/mol. The minimum Gasteiger partial charge on any atom is -0.456 e. The third-order valence-electron chi connectivity index (χ3n) is 3.60. The largest absolute Gasteiger partial charge is 0.456 e. The van der Waals surface area contributed by atoms with E-state index >= 15 is 0 Å². The zero-order valence-electron chi connectivity index (χ0n) is 13.7. The van der Waals surface area contributed by atoms with Gasteiger partial charge >= 0.3 is 0 Å². The summed E-state index contributed by atoms with van der Waals surface area (Å²) in [5.41, 5.74) is 1.96. The smallest absolute Gasteiger partial charge is 0.146 e. The molecule has 0 aliphatic carbocycles. The number of para-hydroxylation sites is 1. The fourth-order valence-corrected chi connectivity index (χ4v) is 2.41. The molecular formula is C20H19ClN2O. The highest BCUT2D eigenvalue weighted by Gasteiger charge is 2.02. The first-order valence-corrected chi connectivity index (χ1v) is 8.23. The van der Waals surface area contributed by atoms with Crippen molar-refractivity contribution in [2.75, 3.05) is 0 Å². The second-order valence-corrected chi connectivity index (χ2v) is 6.18. The van der Waals surface area contributed by atoms with Crippen LogP contribution in [0.5, 0.6) is 11.5 Å². The molecule has 1 heterocycles. The van der Waals surface area contributed by atoms with E-state index in [1.165, 1.54) is 0 Å². The van der Waals surface area contributed by atoms with Crippen molar-refractivity contribution in [2.45, 2.75) is 19.9 Å². The third-order valence-corrected chi connectivity index (χ3v) is 3.91. The summed E-state index contributed by atoms with van der Waals surface area (Å²) < 4.78 is 7.92. The van der Waals surface area contributed by atoms with E-state index < -0.39 is 0 Å². The number of rotatable bonds is 5. The van der Waals surface area contributed by atoms with Gasteiger partial charge < -0.3 is 9.30 Å². The zero-order valence-corrected chi connectivity index (χ0v) is 14.4. The summed E-state index contributed by atoms with van der Waals surface area (Å²) in [5, 5.41) is 0.592. The Morgan fingerprint density at radius 3 is 2.46 bits per heavy atom. The van der Waals surface area contributed by atoms with Gasteiger partial charge in [0.1, 0.15) is 11.5 Å². The summed E-state index contributed by atoms with van der Waals surface area (Å²) in [4.78, 5) is 4.49. The fraction of sp³-hybridized carbons (Fsp3) is 0.150. The summed E-state index contributed by atoms with van der Waals surface area (Å²) in [7, 11) is 0. The average Bonchev–Trinajstić information content (AvgIpc) is 3.06. The molecule has 0 atom stereocenters. The van der Waals surface area contributed by atoms with E-state index in [1.807, 2.05) is 48.7 Å². The van der Waals surface area contributed by atoms with Crippen LogP contribution in [0.3, 0.4) is 0 Å². The van der Waals surface area contributed by atoms with Crippen LogP contribution in [0.2, 0.25) is 5.02 Å². The van der Waals surface area contributed by atoms with Gasteiger partial charge in [-0.3, -0.25) is 4.99 Å². The molecule has 3 aromatic rings. The first-order chi connectivity index (χ1) is 11.6. The molecule has 0 aliphatic heterocycles. The minimum absolute atomic E-state index is 0.452. The Balaban J connectivity index is 1.68. The number of ether oxygens (including phenoxy) is 1. The molecular weight excluding hydrogens is 320 g/mol. The van der Waals surface area contributed by atoms with Gasteiger partial charge in [-0.2, -0.15) is 0 Å². The first kappa shape index (κ1) is 16.3. The number of halogens is 1. The van der Waals surface area contributed by atoms with E-state index in [4.69, 9.17) is 16.3 Å². The van der Waals surface area contributed by atoms with Crippen molar-refractivity contribution in [3.63, 3.8) is 0 Å². The zero-order chi connectivity index (χ0) is 16.9. The molecule has 0 amide bonds. The molecule has 0 saturated heterocycles. The Labute approximate surface area is 147 Å². The lowest BCUT2D eigenvalue weighted by Gasteiger charge is -2.07. The summed E-state index contributed by atoms with van der Waals surface area (Å²) in [6.07, 6.45) is 6.01. The number of aromatic nitrogens is 1. The van der Waals surface area contributed by atoms with Gasteiger partial charge in [-0.1, -0.05) is 23.7 Å². The number of aliphatic imine (C=N–C) groups is 1. The van der Waals surface area contributed by atoms with E-state index in [-0.39, 0.29) is 0 Å². The quantitative estimate of drug-likeness (QED) is 0.504. The Morgan fingerprint density at radius 2 is 1.79 bits per heavy atom. The van der Waals surface area contributed by atoms with Crippen LogP contribution in [-0.2, 0) is 0 Å². The second kappa shape index (κ2) is 7.37. The molecule has 4 heteroatoms. The van der Waals surface area contributed by atoms with Gasteiger partial charge in [0.05, 0.1) is 10.7 Å². The van der Waals surface area contributed by atoms with Crippen LogP contribution in [0, 0.1) is 0 Å². The Bertz CT molecular complexity index is 835.